The van der Waals surface area contributed by atoms with E-state index < -0.39 is 5.91 Å². The minimum atomic E-state index is -0.424. The van der Waals surface area contributed by atoms with Crippen LogP contribution < -0.4 is 5.73 Å². The highest BCUT2D eigenvalue weighted by Gasteiger charge is 2.08. The van der Waals surface area contributed by atoms with Gasteiger partial charge in [-0.3, -0.25) is 4.79 Å². The van der Waals surface area contributed by atoms with Crippen molar-refractivity contribution in [2.45, 2.75) is 0 Å². The Labute approximate surface area is 91.5 Å². The van der Waals surface area contributed by atoms with Gasteiger partial charge in [-0.05, 0) is 24.3 Å². The van der Waals surface area contributed by atoms with Crippen molar-refractivity contribution in [2.75, 3.05) is 0 Å². The molecule has 0 saturated carbocycles. The number of furan rings is 1. The SMILES string of the molecule is NC(=O)c1ccc2oc3ccccc3c2c1. The molecule has 0 aliphatic heterocycles. The molecule has 0 bridgehead atoms. The summed E-state index contributed by atoms with van der Waals surface area (Å²) in [7, 11) is 0. The molecule has 0 aliphatic rings. The van der Waals surface area contributed by atoms with Gasteiger partial charge in [0.2, 0.25) is 5.91 Å². The molecule has 3 aromatic rings. The van der Waals surface area contributed by atoms with E-state index in [0.29, 0.717) is 5.56 Å². The first-order chi connectivity index (χ1) is 7.75. The lowest BCUT2D eigenvalue weighted by Gasteiger charge is -1.94. The second-order valence-corrected chi connectivity index (χ2v) is 3.67. The van der Waals surface area contributed by atoms with E-state index in [2.05, 4.69) is 0 Å². The molecule has 0 unspecified atom stereocenters. The van der Waals surface area contributed by atoms with E-state index in [0.717, 1.165) is 21.9 Å². The minimum absolute atomic E-state index is 0.424. The Morgan fingerprint density at radius 2 is 1.75 bits per heavy atom. The van der Waals surface area contributed by atoms with Crippen molar-refractivity contribution in [3.63, 3.8) is 0 Å². The maximum atomic E-state index is 11.1. The van der Waals surface area contributed by atoms with E-state index in [9.17, 15) is 4.79 Å². The standard InChI is InChI=1S/C13H9NO2/c14-13(15)8-5-6-12-10(7-8)9-3-1-2-4-11(9)16-12/h1-7H,(H2,14,15). The molecule has 2 aromatic carbocycles. The summed E-state index contributed by atoms with van der Waals surface area (Å²) in [4.78, 5) is 11.1. The molecule has 3 rings (SSSR count). The van der Waals surface area contributed by atoms with Gasteiger partial charge in [0.1, 0.15) is 11.2 Å². The van der Waals surface area contributed by atoms with Crippen molar-refractivity contribution < 1.29 is 9.21 Å². The largest absolute Gasteiger partial charge is 0.456 e. The summed E-state index contributed by atoms with van der Waals surface area (Å²) in [6.45, 7) is 0. The van der Waals surface area contributed by atoms with Gasteiger partial charge in [-0.2, -0.15) is 0 Å². The molecular formula is C13H9NO2. The normalized spacial score (nSPS) is 11.0. The van der Waals surface area contributed by atoms with Crippen LogP contribution in [0.25, 0.3) is 21.9 Å². The molecule has 1 aromatic heterocycles. The van der Waals surface area contributed by atoms with Crippen molar-refractivity contribution in [1.82, 2.24) is 0 Å². The summed E-state index contributed by atoms with van der Waals surface area (Å²) in [5, 5.41) is 1.92. The first-order valence-electron chi connectivity index (χ1n) is 4.97. The molecule has 3 nitrogen and oxygen atoms in total. The smallest absolute Gasteiger partial charge is 0.248 e. The van der Waals surface area contributed by atoms with E-state index in [1.165, 1.54) is 0 Å². The Morgan fingerprint density at radius 1 is 1.00 bits per heavy atom. The second-order valence-electron chi connectivity index (χ2n) is 3.67. The van der Waals surface area contributed by atoms with Crippen LogP contribution in [0.3, 0.4) is 0 Å². The van der Waals surface area contributed by atoms with Crippen molar-refractivity contribution in [3.05, 3.63) is 48.0 Å². The quantitative estimate of drug-likeness (QED) is 0.672. The maximum absolute atomic E-state index is 11.1. The second kappa shape index (κ2) is 3.10. The van der Waals surface area contributed by atoms with Crippen molar-refractivity contribution in [1.29, 1.82) is 0 Å². The zero-order valence-electron chi connectivity index (χ0n) is 8.44. The molecule has 3 heteroatoms. The number of hydrogen-bond acceptors (Lipinski definition) is 2. The van der Waals surface area contributed by atoms with E-state index >= 15 is 0 Å². The third-order valence-corrected chi connectivity index (χ3v) is 2.66. The number of carbonyl (C=O) groups excluding carboxylic acids is 1. The third-order valence-electron chi connectivity index (χ3n) is 2.66. The van der Waals surface area contributed by atoms with Gasteiger partial charge in [0.05, 0.1) is 0 Å². The minimum Gasteiger partial charge on any atom is -0.456 e. The molecule has 16 heavy (non-hydrogen) atoms. The zero-order valence-corrected chi connectivity index (χ0v) is 8.44. The monoisotopic (exact) mass is 211 g/mol. The molecule has 0 fully saturated rings. The van der Waals surface area contributed by atoms with Gasteiger partial charge in [-0.25, -0.2) is 0 Å². The fourth-order valence-electron chi connectivity index (χ4n) is 1.88. The van der Waals surface area contributed by atoms with E-state index in [1.54, 1.807) is 18.2 Å². The number of fused-ring (bicyclic) bond motifs is 3. The number of primary amides is 1. The van der Waals surface area contributed by atoms with E-state index in [4.69, 9.17) is 10.2 Å². The van der Waals surface area contributed by atoms with Crippen LogP contribution in [0.4, 0.5) is 0 Å². The Bertz CT molecular complexity index is 697. The van der Waals surface area contributed by atoms with Crippen LogP contribution in [0.1, 0.15) is 10.4 Å². The van der Waals surface area contributed by atoms with Crippen LogP contribution >= 0.6 is 0 Å². The summed E-state index contributed by atoms with van der Waals surface area (Å²) >= 11 is 0. The summed E-state index contributed by atoms with van der Waals surface area (Å²) in [5.41, 5.74) is 7.34. The predicted molar refractivity (Wildman–Crippen MR) is 62.2 cm³/mol. The fourth-order valence-corrected chi connectivity index (χ4v) is 1.88. The number of para-hydroxylation sites is 1. The molecule has 1 amide bonds. The summed E-state index contributed by atoms with van der Waals surface area (Å²) < 4.78 is 5.64. The average molecular weight is 211 g/mol. The highest BCUT2D eigenvalue weighted by molar-refractivity contribution is 6.07. The molecule has 0 spiro atoms. The number of carbonyl (C=O) groups is 1. The van der Waals surface area contributed by atoms with Crippen LogP contribution in [0.5, 0.6) is 0 Å². The Hall–Kier alpha value is -2.29. The van der Waals surface area contributed by atoms with Crippen LogP contribution in [0, 0.1) is 0 Å². The number of rotatable bonds is 1. The Kier molecular flexibility index (Phi) is 1.74. The molecule has 1 heterocycles. The number of hydrogen-bond donors (Lipinski definition) is 1. The number of benzene rings is 2. The van der Waals surface area contributed by atoms with Crippen molar-refractivity contribution in [2.24, 2.45) is 5.73 Å². The number of amides is 1. The lowest BCUT2D eigenvalue weighted by Crippen LogP contribution is -2.10. The molecule has 0 radical (unpaired) electrons. The van der Waals surface area contributed by atoms with Gasteiger partial charge in [0.25, 0.3) is 0 Å². The highest BCUT2D eigenvalue weighted by atomic mass is 16.3. The zero-order chi connectivity index (χ0) is 11.1. The summed E-state index contributed by atoms with van der Waals surface area (Å²) in [6, 6.07) is 12.9. The molecule has 2 N–H and O–H groups in total. The molecular weight excluding hydrogens is 202 g/mol. The van der Waals surface area contributed by atoms with Crippen LogP contribution in [-0.4, -0.2) is 5.91 Å². The van der Waals surface area contributed by atoms with Gasteiger partial charge in [0.15, 0.2) is 0 Å². The molecule has 78 valence electrons. The summed E-state index contributed by atoms with van der Waals surface area (Å²) in [5.74, 6) is -0.424. The summed E-state index contributed by atoms with van der Waals surface area (Å²) in [6.07, 6.45) is 0. The lowest BCUT2D eigenvalue weighted by molar-refractivity contribution is 0.100. The third kappa shape index (κ3) is 1.18. The average Bonchev–Trinajstić information content (AvgIpc) is 2.66. The van der Waals surface area contributed by atoms with E-state index in [-0.39, 0.29) is 0 Å². The predicted octanol–water partition coefficient (Wildman–Crippen LogP) is 2.68. The lowest BCUT2D eigenvalue weighted by atomic mass is 10.1. The van der Waals surface area contributed by atoms with Gasteiger partial charge >= 0.3 is 0 Å². The van der Waals surface area contributed by atoms with E-state index in [1.807, 2.05) is 24.3 Å². The maximum Gasteiger partial charge on any atom is 0.248 e. The first-order valence-corrected chi connectivity index (χ1v) is 4.97. The highest BCUT2D eigenvalue weighted by Crippen LogP contribution is 2.28. The Morgan fingerprint density at radius 3 is 2.56 bits per heavy atom. The van der Waals surface area contributed by atoms with Crippen molar-refractivity contribution >= 4 is 27.8 Å². The fraction of sp³-hybridized carbons (Fsp3) is 0. The van der Waals surface area contributed by atoms with Crippen LogP contribution in [-0.2, 0) is 0 Å². The molecule has 0 atom stereocenters. The number of nitrogens with two attached hydrogens (primary N) is 1. The van der Waals surface area contributed by atoms with Gasteiger partial charge < -0.3 is 10.2 Å². The van der Waals surface area contributed by atoms with Crippen molar-refractivity contribution in [3.8, 4) is 0 Å². The van der Waals surface area contributed by atoms with Crippen LogP contribution in [0.2, 0.25) is 0 Å². The molecule has 0 aliphatic carbocycles. The first kappa shape index (κ1) is 8.97. The Balaban J connectivity index is 2.44. The van der Waals surface area contributed by atoms with Gasteiger partial charge in [-0.15, -0.1) is 0 Å². The molecule has 0 saturated heterocycles. The topological polar surface area (TPSA) is 56.2 Å². The van der Waals surface area contributed by atoms with Gasteiger partial charge in [-0.1, -0.05) is 18.2 Å². The van der Waals surface area contributed by atoms with Gasteiger partial charge in [0, 0.05) is 16.3 Å². The van der Waals surface area contributed by atoms with Crippen LogP contribution in [0.15, 0.2) is 46.9 Å².